The minimum Gasteiger partial charge on any atom is -0.348 e. The first-order chi connectivity index (χ1) is 16.2. The van der Waals surface area contributed by atoms with Crippen LogP contribution in [-0.4, -0.2) is 25.7 Å². The number of benzene rings is 2. The Labute approximate surface area is 201 Å². The molecule has 0 atom stereocenters. The van der Waals surface area contributed by atoms with Gasteiger partial charge in [0.1, 0.15) is 0 Å². The summed E-state index contributed by atoms with van der Waals surface area (Å²) in [6.45, 7) is 4.89. The van der Waals surface area contributed by atoms with E-state index >= 15 is 0 Å². The third kappa shape index (κ3) is 5.69. The first-order valence-corrected chi connectivity index (χ1v) is 11.7. The number of pyridine rings is 1. The monoisotopic (exact) mass is 475 g/mol. The number of halogens is 1. The second kappa shape index (κ2) is 10.9. The van der Waals surface area contributed by atoms with Gasteiger partial charge in [0.2, 0.25) is 0 Å². The lowest BCUT2D eigenvalue weighted by Crippen LogP contribution is -2.22. The number of allylic oxidation sites excluding steroid dienone is 1. The SMILES string of the molecule is C=CCn1c(SCc2ccc(C(=O)NCc3ccncc3)cc2)nnc1-c1ccccc1Cl. The topological polar surface area (TPSA) is 72.7 Å². The number of nitrogens with one attached hydrogen (secondary N) is 1. The van der Waals surface area contributed by atoms with Crippen LogP contribution in [0.3, 0.4) is 0 Å². The number of hydrogen-bond donors (Lipinski definition) is 1. The first-order valence-electron chi connectivity index (χ1n) is 10.3. The van der Waals surface area contributed by atoms with Crippen LogP contribution in [0.25, 0.3) is 11.4 Å². The van der Waals surface area contributed by atoms with Crippen LogP contribution in [-0.2, 0) is 18.8 Å². The van der Waals surface area contributed by atoms with Gasteiger partial charge in [-0.15, -0.1) is 16.8 Å². The molecule has 0 radical (unpaired) electrons. The highest BCUT2D eigenvalue weighted by Crippen LogP contribution is 2.30. The van der Waals surface area contributed by atoms with Crippen molar-refractivity contribution in [1.29, 1.82) is 0 Å². The van der Waals surface area contributed by atoms with Gasteiger partial charge in [0.25, 0.3) is 5.91 Å². The van der Waals surface area contributed by atoms with Crippen LogP contribution in [0.1, 0.15) is 21.5 Å². The molecule has 2 aromatic carbocycles. The summed E-state index contributed by atoms with van der Waals surface area (Å²) < 4.78 is 2.00. The van der Waals surface area contributed by atoms with Gasteiger partial charge < -0.3 is 5.32 Å². The highest BCUT2D eigenvalue weighted by molar-refractivity contribution is 7.98. The number of carbonyl (C=O) groups excluding carboxylic acids is 1. The highest BCUT2D eigenvalue weighted by Gasteiger charge is 2.16. The molecule has 6 nitrogen and oxygen atoms in total. The van der Waals surface area contributed by atoms with E-state index in [1.54, 1.807) is 24.2 Å². The fourth-order valence-electron chi connectivity index (χ4n) is 3.22. The predicted molar refractivity (Wildman–Crippen MR) is 132 cm³/mol. The number of rotatable bonds is 9. The van der Waals surface area contributed by atoms with E-state index in [1.165, 1.54) is 0 Å². The lowest BCUT2D eigenvalue weighted by atomic mass is 10.1. The summed E-state index contributed by atoms with van der Waals surface area (Å²) in [5, 5.41) is 13.1. The van der Waals surface area contributed by atoms with E-state index < -0.39 is 0 Å². The molecule has 0 aliphatic heterocycles. The lowest BCUT2D eigenvalue weighted by Gasteiger charge is -2.09. The van der Waals surface area contributed by atoms with Crippen molar-refractivity contribution in [1.82, 2.24) is 25.1 Å². The molecule has 0 fully saturated rings. The Kier molecular flexibility index (Phi) is 7.55. The van der Waals surface area contributed by atoms with Gasteiger partial charge >= 0.3 is 0 Å². The molecule has 0 bridgehead atoms. The normalized spacial score (nSPS) is 10.7. The molecule has 2 heterocycles. The van der Waals surface area contributed by atoms with E-state index in [1.807, 2.05) is 71.3 Å². The Bertz CT molecular complexity index is 1240. The second-order valence-corrected chi connectivity index (χ2v) is 8.56. The number of carbonyl (C=O) groups is 1. The average molecular weight is 476 g/mol. The van der Waals surface area contributed by atoms with Gasteiger partial charge in [-0.25, -0.2) is 0 Å². The van der Waals surface area contributed by atoms with Crippen LogP contribution >= 0.6 is 23.4 Å². The number of nitrogens with zero attached hydrogens (tertiary/aromatic N) is 4. The highest BCUT2D eigenvalue weighted by atomic mass is 35.5. The molecule has 4 rings (SSSR count). The van der Waals surface area contributed by atoms with Gasteiger partial charge in [-0.1, -0.05) is 53.7 Å². The smallest absolute Gasteiger partial charge is 0.251 e. The van der Waals surface area contributed by atoms with E-state index in [9.17, 15) is 4.79 Å². The van der Waals surface area contributed by atoms with Crippen LogP contribution in [0.15, 0.2) is 90.9 Å². The minimum absolute atomic E-state index is 0.110. The fraction of sp³-hybridized carbons (Fsp3) is 0.120. The summed E-state index contributed by atoms with van der Waals surface area (Å²) in [7, 11) is 0. The third-order valence-electron chi connectivity index (χ3n) is 4.93. The predicted octanol–water partition coefficient (Wildman–Crippen LogP) is 5.40. The lowest BCUT2D eigenvalue weighted by molar-refractivity contribution is 0.0951. The minimum atomic E-state index is -0.110. The van der Waals surface area contributed by atoms with E-state index in [-0.39, 0.29) is 5.91 Å². The van der Waals surface area contributed by atoms with Gasteiger partial charge in [-0.2, -0.15) is 0 Å². The molecule has 0 saturated heterocycles. The van der Waals surface area contributed by atoms with Gasteiger partial charge in [0, 0.05) is 42.4 Å². The third-order valence-corrected chi connectivity index (χ3v) is 6.30. The van der Waals surface area contributed by atoms with Crippen LogP contribution in [0.4, 0.5) is 0 Å². The van der Waals surface area contributed by atoms with Crippen molar-refractivity contribution in [2.24, 2.45) is 0 Å². The number of amides is 1. The van der Waals surface area contributed by atoms with E-state index in [2.05, 4.69) is 27.1 Å². The van der Waals surface area contributed by atoms with Crippen molar-refractivity contribution in [2.45, 2.75) is 24.0 Å². The van der Waals surface area contributed by atoms with Crippen molar-refractivity contribution in [3.05, 3.63) is 107 Å². The maximum Gasteiger partial charge on any atom is 0.251 e. The second-order valence-electron chi connectivity index (χ2n) is 7.21. The Hall–Kier alpha value is -3.42. The molecule has 0 saturated carbocycles. The van der Waals surface area contributed by atoms with Crippen LogP contribution in [0.2, 0.25) is 5.02 Å². The zero-order valence-electron chi connectivity index (χ0n) is 17.8. The van der Waals surface area contributed by atoms with Crippen molar-refractivity contribution in [3.8, 4) is 11.4 Å². The zero-order chi connectivity index (χ0) is 23.0. The van der Waals surface area contributed by atoms with Crippen molar-refractivity contribution >= 4 is 29.3 Å². The molecule has 166 valence electrons. The molecule has 0 aliphatic carbocycles. The van der Waals surface area contributed by atoms with Gasteiger partial charge in [0.15, 0.2) is 11.0 Å². The standard InChI is InChI=1S/C25H22ClN5OS/c1-2-15-31-23(21-5-3-4-6-22(21)26)29-30-25(31)33-17-19-7-9-20(10-8-19)24(32)28-16-18-11-13-27-14-12-18/h2-14H,1,15-17H2,(H,28,32). The van der Waals surface area contributed by atoms with E-state index in [4.69, 9.17) is 11.6 Å². The van der Waals surface area contributed by atoms with Crippen LogP contribution in [0.5, 0.6) is 0 Å². The van der Waals surface area contributed by atoms with Crippen molar-refractivity contribution in [3.63, 3.8) is 0 Å². The fourth-order valence-corrected chi connectivity index (χ4v) is 4.34. The summed E-state index contributed by atoms with van der Waals surface area (Å²) in [6, 6.07) is 18.9. The maximum absolute atomic E-state index is 12.4. The average Bonchev–Trinajstić information content (AvgIpc) is 3.25. The van der Waals surface area contributed by atoms with Gasteiger partial charge in [0.05, 0.1) is 5.02 Å². The van der Waals surface area contributed by atoms with E-state index in [0.717, 1.165) is 21.8 Å². The molecular formula is C25H22ClN5OS. The molecular weight excluding hydrogens is 454 g/mol. The van der Waals surface area contributed by atoms with Crippen molar-refractivity contribution in [2.75, 3.05) is 0 Å². The summed E-state index contributed by atoms with van der Waals surface area (Å²) in [6.07, 6.45) is 5.23. The molecule has 1 amide bonds. The molecule has 2 aromatic heterocycles. The summed E-state index contributed by atoms with van der Waals surface area (Å²) in [5.41, 5.74) is 3.54. The summed E-state index contributed by atoms with van der Waals surface area (Å²) >= 11 is 7.94. The van der Waals surface area contributed by atoms with Crippen LogP contribution in [0, 0.1) is 0 Å². The van der Waals surface area contributed by atoms with Gasteiger partial charge in [-0.05, 0) is 47.5 Å². The Morgan fingerprint density at radius 1 is 1.03 bits per heavy atom. The summed E-state index contributed by atoms with van der Waals surface area (Å²) in [5.74, 6) is 1.29. The molecule has 8 heteroatoms. The Balaban J connectivity index is 1.40. The largest absolute Gasteiger partial charge is 0.348 e. The molecule has 0 spiro atoms. The number of thioether (sulfide) groups is 1. The van der Waals surface area contributed by atoms with E-state index in [0.29, 0.717) is 35.3 Å². The Morgan fingerprint density at radius 2 is 1.79 bits per heavy atom. The zero-order valence-corrected chi connectivity index (χ0v) is 19.4. The Morgan fingerprint density at radius 3 is 2.52 bits per heavy atom. The first kappa shape index (κ1) is 22.8. The number of aromatic nitrogens is 4. The molecule has 1 N–H and O–H groups in total. The number of hydrogen-bond acceptors (Lipinski definition) is 5. The van der Waals surface area contributed by atoms with Crippen molar-refractivity contribution < 1.29 is 4.79 Å². The quantitative estimate of drug-likeness (QED) is 0.259. The molecule has 4 aromatic rings. The molecule has 0 unspecified atom stereocenters. The van der Waals surface area contributed by atoms with Gasteiger partial charge in [-0.3, -0.25) is 14.3 Å². The maximum atomic E-state index is 12.4. The molecule has 33 heavy (non-hydrogen) atoms. The van der Waals surface area contributed by atoms with Crippen LogP contribution < -0.4 is 5.32 Å². The summed E-state index contributed by atoms with van der Waals surface area (Å²) in [4.78, 5) is 16.4. The molecule has 0 aliphatic rings.